The Balaban J connectivity index is 2.08. The Morgan fingerprint density at radius 3 is 2.42 bits per heavy atom. The third kappa shape index (κ3) is 5.37. The molecule has 178 valence electrons. The molecule has 0 bridgehead atoms. The number of methoxy groups -OCH3 is 1. The minimum atomic E-state index is -4.75. The average Bonchev–Trinajstić information content (AvgIpc) is 2.77. The molecule has 1 saturated carbocycles. The van der Waals surface area contributed by atoms with Gasteiger partial charge in [-0.15, -0.1) is 0 Å². The standard InChI is InChI=1S/C23H26F3N3O4/c1-14-6-9-17(12-21(14)33-2)28(16-10-7-15(8-11-16)22(27)30)13-18-19(23(24,25)26)4-3-5-20(18)29(31)32/h3-6,9,12,15-16H,7-8,10-11,13H2,1-2H3,(H2,27,30). The zero-order valence-corrected chi connectivity index (χ0v) is 18.4. The number of nitro benzene ring substituents is 1. The maximum absolute atomic E-state index is 13.8. The van der Waals surface area contributed by atoms with Gasteiger partial charge in [0.05, 0.1) is 29.7 Å². The van der Waals surface area contributed by atoms with E-state index in [-0.39, 0.29) is 18.5 Å². The van der Waals surface area contributed by atoms with Crippen molar-refractivity contribution in [3.63, 3.8) is 0 Å². The van der Waals surface area contributed by atoms with E-state index in [9.17, 15) is 28.1 Å². The number of carbonyl (C=O) groups is 1. The Morgan fingerprint density at radius 1 is 1.21 bits per heavy atom. The van der Waals surface area contributed by atoms with Crippen molar-refractivity contribution in [1.29, 1.82) is 0 Å². The largest absolute Gasteiger partial charge is 0.496 e. The van der Waals surface area contributed by atoms with Crippen molar-refractivity contribution in [1.82, 2.24) is 0 Å². The van der Waals surface area contributed by atoms with E-state index in [1.165, 1.54) is 7.11 Å². The van der Waals surface area contributed by atoms with Crippen LogP contribution in [0.1, 0.15) is 42.4 Å². The van der Waals surface area contributed by atoms with E-state index in [0.29, 0.717) is 37.1 Å². The molecule has 3 rings (SSSR count). The van der Waals surface area contributed by atoms with Gasteiger partial charge in [-0.1, -0.05) is 12.1 Å². The third-order valence-corrected chi connectivity index (χ3v) is 6.24. The highest BCUT2D eigenvalue weighted by Gasteiger charge is 2.38. The molecule has 10 heteroatoms. The first-order valence-corrected chi connectivity index (χ1v) is 10.6. The molecule has 1 fully saturated rings. The molecule has 7 nitrogen and oxygen atoms in total. The summed E-state index contributed by atoms with van der Waals surface area (Å²) >= 11 is 0. The lowest BCUT2D eigenvalue weighted by Crippen LogP contribution is -2.40. The lowest BCUT2D eigenvalue weighted by Gasteiger charge is -2.38. The van der Waals surface area contributed by atoms with E-state index >= 15 is 0 Å². The second kappa shape index (κ2) is 9.68. The van der Waals surface area contributed by atoms with Gasteiger partial charge < -0.3 is 15.4 Å². The number of alkyl halides is 3. The van der Waals surface area contributed by atoms with Crippen LogP contribution in [0.25, 0.3) is 0 Å². The first-order chi connectivity index (χ1) is 15.5. The number of hydrogen-bond donors (Lipinski definition) is 1. The van der Waals surface area contributed by atoms with Gasteiger partial charge in [0.2, 0.25) is 5.91 Å². The van der Waals surface area contributed by atoms with Crippen molar-refractivity contribution in [3.8, 4) is 5.75 Å². The zero-order chi connectivity index (χ0) is 24.3. The predicted octanol–water partition coefficient (Wildman–Crippen LogP) is 4.98. The van der Waals surface area contributed by atoms with Crippen LogP contribution in [0.3, 0.4) is 0 Å². The molecule has 0 spiro atoms. The van der Waals surface area contributed by atoms with Crippen LogP contribution in [0.2, 0.25) is 0 Å². The zero-order valence-electron chi connectivity index (χ0n) is 18.4. The topological polar surface area (TPSA) is 98.7 Å². The molecule has 0 saturated heterocycles. The number of anilines is 1. The van der Waals surface area contributed by atoms with Crippen molar-refractivity contribution in [3.05, 3.63) is 63.2 Å². The summed E-state index contributed by atoms with van der Waals surface area (Å²) in [7, 11) is 1.50. The van der Waals surface area contributed by atoms with E-state index in [1.54, 1.807) is 23.1 Å². The Bertz CT molecular complexity index is 1030. The number of halogens is 3. The summed E-state index contributed by atoms with van der Waals surface area (Å²) in [5.74, 6) is -0.121. The number of ether oxygens (including phenoxy) is 1. The van der Waals surface area contributed by atoms with Crippen molar-refractivity contribution in [2.24, 2.45) is 11.7 Å². The van der Waals surface area contributed by atoms with E-state index in [4.69, 9.17) is 10.5 Å². The molecule has 0 radical (unpaired) electrons. The molecule has 0 aliphatic heterocycles. The second-order valence-corrected chi connectivity index (χ2v) is 8.25. The fraction of sp³-hybridized carbons (Fsp3) is 0.435. The molecule has 0 unspecified atom stereocenters. The Morgan fingerprint density at radius 2 is 1.88 bits per heavy atom. The van der Waals surface area contributed by atoms with Gasteiger partial charge in [-0.05, 0) is 50.3 Å². The minimum absolute atomic E-state index is 0.228. The van der Waals surface area contributed by atoms with Crippen LogP contribution in [0.4, 0.5) is 24.5 Å². The second-order valence-electron chi connectivity index (χ2n) is 8.25. The lowest BCUT2D eigenvalue weighted by molar-refractivity contribution is -0.385. The number of carbonyl (C=O) groups excluding carboxylic acids is 1. The number of aryl methyl sites for hydroxylation is 1. The van der Waals surface area contributed by atoms with Crippen molar-refractivity contribution in [2.75, 3.05) is 12.0 Å². The van der Waals surface area contributed by atoms with E-state index in [0.717, 1.165) is 23.8 Å². The van der Waals surface area contributed by atoms with Crippen LogP contribution in [-0.2, 0) is 17.5 Å². The molecule has 2 aromatic carbocycles. The molecule has 1 aliphatic rings. The third-order valence-electron chi connectivity index (χ3n) is 6.24. The molecule has 2 N–H and O–H groups in total. The van der Waals surface area contributed by atoms with Gasteiger partial charge in [0.25, 0.3) is 5.69 Å². The summed E-state index contributed by atoms with van der Waals surface area (Å²) in [6.45, 7) is 1.53. The maximum Gasteiger partial charge on any atom is 0.416 e. The van der Waals surface area contributed by atoms with Crippen LogP contribution in [0.15, 0.2) is 36.4 Å². The minimum Gasteiger partial charge on any atom is -0.496 e. The average molecular weight is 465 g/mol. The molecule has 0 atom stereocenters. The van der Waals surface area contributed by atoms with Crippen molar-refractivity contribution < 1.29 is 27.6 Å². The summed E-state index contributed by atoms with van der Waals surface area (Å²) in [6, 6.07) is 8.04. The first-order valence-electron chi connectivity index (χ1n) is 10.6. The summed E-state index contributed by atoms with van der Waals surface area (Å²) in [5.41, 5.74) is 4.85. The number of benzene rings is 2. The smallest absolute Gasteiger partial charge is 0.416 e. The highest BCUT2D eigenvalue weighted by Crippen LogP contribution is 2.40. The molecule has 0 aromatic heterocycles. The molecule has 2 aromatic rings. The fourth-order valence-corrected chi connectivity index (χ4v) is 4.44. The monoisotopic (exact) mass is 465 g/mol. The van der Waals surface area contributed by atoms with Gasteiger partial charge in [0, 0.05) is 29.8 Å². The van der Waals surface area contributed by atoms with Crippen molar-refractivity contribution in [2.45, 2.75) is 51.4 Å². The van der Waals surface area contributed by atoms with Crippen molar-refractivity contribution >= 4 is 17.3 Å². The Kier molecular flexibility index (Phi) is 7.14. The van der Waals surface area contributed by atoms with Gasteiger partial charge in [-0.3, -0.25) is 14.9 Å². The quantitative estimate of drug-likeness (QED) is 0.459. The van der Waals surface area contributed by atoms with Crippen LogP contribution in [-0.4, -0.2) is 24.0 Å². The van der Waals surface area contributed by atoms with Gasteiger partial charge in [-0.25, -0.2) is 0 Å². The molecule has 1 amide bonds. The molecule has 1 aliphatic carbocycles. The number of amides is 1. The van der Waals surface area contributed by atoms with Crippen LogP contribution in [0, 0.1) is 23.0 Å². The SMILES string of the molecule is COc1cc(N(Cc2c([N+](=O)[O-])cccc2C(F)(F)F)C2CCC(C(N)=O)CC2)ccc1C. The predicted molar refractivity (Wildman–Crippen MR) is 117 cm³/mol. The number of rotatable bonds is 7. The van der Waals surface area contributed by atoms with Crippen LogP contribution < -0.4 is 15.4 Å². The normalized spacial score (nSPS) is 18.6. The Labute approximate surface area is 189 Å². The molecular formula is C23H26F3N3O4. The number of nitrogens with two attached hydrogens (primary N) is 1. The summed E-state index contributed by atoms with van der Waals surface area (Å²) < 4.78 is 46.7. The first kappa shape index (κ1) is 24.3. The van der Waals surface area contributed by atoms with Gasteiger partial charge in [0.1, 0.15) is 5.75 Å². The van der Waals surface area contributed by atoms with E-state index in [2.05, 4.69) is 0 Å². The highest BCUT2D eigenvalue weighted by molar-refractivity contribution is 5.76. The fourth-order valence-electron chi connectivity index (χ4n) is 4.44. The number of hydrogen-bond acceptors (Lipinski definition) is 5. The maximum atomic E-state index is 13.8. The number of primary amides is 1. The summed E-state index contributed by atoms with van der Waals surface area (Å²) in [4.78, 5) is 24.1. The molecule has 0 heterocycles. The molecular weight excluding hydrogens is 439 g/mol. The van der Waals surface area contributed by atoms with Crippen LogP contribution >= 0.6 is 0 Å². The Hall–Kier alpha value is -3.30. The highest BCUT2D eigenvalue weighted by atomic mass is 19.4. The van der Waals surface area contributed by atoms with Crippen LogP contribution in [0.5, 0.6) is 5.75 Å². The van der Waals surface area contributed by atoms with Gasteiger partial charge >= 0.3 is 6.18 Å². The van der Waals surface area contributed by atoms with Gasteiger partial charge in [0.15, 0.2) is 0 Å². The lowest BCUT2D eigenvalue weighted by atomic mass is 9.84. The summed E-state index contributed by atoms with van der Waals surface area (Å²) in [6.07, 6.45) is -2.70. The number of nitrogens with zero attached hydrogens (tertiary/aromatic N) is 2. The van der Waals surface area contributed by atoms with Gasteiger partial charge in [-0.2, -0.15) is 13.2 Å². The van der Waals surface area contributed by atoms with E-state index in [1.807, 2.05) is 6.92 Å². The molecule has 33 heavy (non-hydrogen) atoms. The number of nitro groups is 1. The van der Waals surface area contributed by atoms with E-state index < -0.39 is 33.8 Å². The summed E-state index contributed by atoms with van der Waals surface area (Å²) in [5, 5.41) is 11.6.